The average Bonchev–Trinajstić information content (AvgIpc) is 2.32. The molecular formula is C12H25NO6Si. The standard InChI is InChI=1S/C12H25NO6Si/c1-7(15)13-9-11(17)10(16)8(5-14)19-12(9)18-6-20(2,3)4/h8-12,14,16-17H,5-6H2,1-4H3,(H,13,15)/t8-,9-,10-,11-,12-/m1/s1. The lowest BCUT2D eigenvalue weighted by atomic mass is 9.97. The van der Waals surface area contributed by atoms with E-state index in [1.165, 1.54) is 6.92 Å². The minimum atomic E-state index is -1.50. The third kappa shape index (κ3) is 4.79. The third-order valence-electron chi connectivity index (χ3n) is 2.93. The number of aliphatic hydroxyl groups is 3. The number of nitrogens with one attached hydrogen (secondary N) is 1. The van der Waals surface area contributed by atoms with Crippen molar-refractivity contribution >= 4 is 14.0 Å². The van der Waals surface area contributed by atoms with Gasteiger partial charge in [-0.3, -0.25) is 4.79 Å². The molecule has 0 aliphatic carbocycles. The van der Waals surface area contributed by atoms with E-state index in [-0.39, 0.29) is 5.91 Å². The van der Waals surface area contributed by atoms with E-state index in [9.17, 15) is 15.0 Å². The molecule has 118 valence electrons. The molecule has 5 atom stereocenters. The van der Waals surface area contributed by atoms with Crippen molar-refractivity contribution in [2.45, 2.75) is 57.2 Å². The molecule has 4 N–H and O–H groups in total. The Morgan fingerprint density at radius 1 is 1.30 bits per heavy atom. The van der Waals surface area contributed by atoms with E-state index in [2.05, 4.69) is 25.0 Å². The fourth-order valence-electron chi connectivity index (χ4n) is 1.95. The first-order chi connectivity index (χ1) is 9.15. The van der Waals surface area contributed by atoms with E-state index >= 15 is 0 Å². The van der Waals surface area contributed by atoms with Crippen molar-refractivity contribution in [2.75, 3.05) is 12.8 Å². The molecule has 0 aromatic heterocycles. The van der Waals surface area contributed by atoms with Crippen LogP contribution in [0.2, 0.25) is 19.6 Å². The van der Waals surface area contributed by atoms with Gasteiger partial charge in [-0.05, 0) is 0 Å². The summed E-state index contributed by atoms with van der Waals surface area (Å²) >= 11 is 0. The van der Waals surface area contributed by atoms with Crippen molar-refractivity contribution in [1.82, 2.24) is 5.32 Å². The van der Waals surface area contributed by atoms with E-state index < -0.39 is 45.3 Å². The lowest BCUT2D eigenvalue weighted by Gasteiger charge is -2.42. The summed E-state index contributed by atoms with van der Waals surface area (Å²) in [5.74, 6) is -0.353. The summed E-state index contributed by atoms with van der Waals surface area (Å²) in [7, 11) is -1.50. The van der Waals surface area contributed by atoms with Gasteiger partial charge in [-0.1, -0.05) is 19.6 Å². The van der Waals surface area contributed by atoms with Crippen molar-refractivity contribution in [2.24, 2.45) is 0 Å². The Labute approximate surface area is 119 Å². The quantitative estimate of drug-likeness (QED) is 0.476. The topological polar surface area (TPSA) is 108 Å². The van der Waals surface area contributed by atoms with Gasteiger partial charge < -0.3 is 30.1 Å². The zero-order chi connectivity index (χ0) is 15.5. The highest BCUT2D eigenvalue weighted by molar-refractivity contribution is 6.76. The van der Waals surface area contributed by atoms with Crippen LogP contribution in [0.15, 0.2) is 0 Å². The molecule has 8 heteroatoms. The average molecular weight is 307 g/mol. The van der Waals surface area contributed by atoms with E-state index in [0.717, 1.165) is 0 Å². The van der Waals surface area contributed by atoms with Crippen LogP contribution in [-0.4, -0.2) is 72.8 Å². The Morgan fingerprint density at radius 3 is 2.35 bits per heavy atom. The molecule has 1 saturated heterocycles. The minimum Gasteiger partial charge on any atom is -0.394 e. The summed E-state index contributed by atoms with van der Waals surface area (Å²) in [6, 6.07) is -0.860. The first-order valence-corrected chi connectivity index (χ1v) is 10.4. The predicted molar refractivity (Wildman–Crippen MR) is 74.7 cm³/mol. The molecule has 0 saturated carbocycles. The van der Waals surface area contributed by atoms with Crippen LogP contribution in [0.25, 0.3) is 0 Å². The van der Waals surface area contributed by atoms with Gasteiger partial charge in [0, 0.05) is 13.2 Å². The maximum atomic E-state index is 11.2. The Kier molecular flexibility index (Phi) is 6.11. The van der Waals surface area contributed by atoms with Crippen molar-refractivity contribution in [3.05, 3.63) is 0 Å². The maximum Gasteiger partial charge on any atom is 0.217 e. The summed E-state index contributed by atoms with van der Waals surface area (Å²) < 4.78 is 11.1. The lowest BCUT2D eigenvalue weighted by Crippen LogP contribution is -2.65. The predicted octanol–water partition coefficient (Wildman–Crippen LogP) is -1.18. The summed E-state index contributed by atoms with van der Waals surface area (Å²) in [6.45, 7) is 7.21. The Hall–Kier alpha value is -0.513. The molecule has 1 fully saturated rings. The molecule has 7 nitrogen and oxygen atoms in total. The van der Waals surface area contributed by atoms with Gasteiger partial charge in [0.1, 0.15) is 24.4 Å². The summed E-state index contributed by atoms with van der Waals surface area (Å²) in [6.07, 6.45) is -3.86. The van der Waals surface area contributed by atoms with Gasteiger partial charge in [0.15, 0.2) is 6.29 Å². The highest BCUT2D eigenvalue weighted by Gasteiger charge is 2.45. The normalized spacial score (nSPS) is 34.9. The van der Waals surface area contributed by atoms with E-state index in [1.807, 2.05) is 0 Å². The van der Waals surface area contributed by atoms with Crippen LogP contribution >= 0.6 is 0 Å². The number of amides is 1. The second-order valence-electron chi connectivity index (χ2n) is 6.30. The van der Waals surface area contributed by atoms with Crippen LogP contribution in [0.5, 0.6) is 0 Å². The van der Waals surface area contributed by atoms with Crippen molar-refractivity contribution in [3.63, 3.8) is 0 Å². The first kappa shape index (κ1) is 17.5. The maximum absolute atomic E-state index is 11.2. The monoisotopic (exact) mass is 307 g/mol. The van der Waals surface area contributed by atoms with Gasteiger partial charge in [0.05, 0.1) is 14.7 Å². The van der Waals surface area contributed by atoms with Gasteiger partial charge in [-0.25, -0.2) is 0 Å². The smallest absolute Gasteiger partial charge is 0.217 e. The van der Waals surface area contributed by atoms with Gasteiger partial charge in [0.2, 0.25) is 5.91 Å². The molecule has 0 unspecified atom stereocenters. The second-order valence-corrected chi connectivity index (χ2v) is 11.7. The van der Waals surface area contributed by atoms with Crippen LogP contribution in [0.3, 0.4) is 0 Å². The minimum absolute atomic E-state index is 0.353. The van der Waals surface area contributed by atoms with Gasteiger partial charge >= 0.3 is 0 Å². The fourth-order valence-corrected chi connectivity index (χ4v) is 2.61. The zero-order valence-corrected chi connectivity index (χ0v) is 13.4. The lowest BCUT2D eigenvalue weighted by molar-refractivity contribution is -0.265. The molecule has 0 spiro atoms. The molecule has 1 amide bonds. The van der Waals surface area contributed by atoms with Crippen LogP contribution in [0.4, 0.5) is 0 Å². The molecule has 1 heterocycles. The highest BCUT2D eigenvalue weighted by atomic mass is 28.3. The van der Waals surface area contributed by atoms with Crippen LogP contribution in [0.1, 0.15) is 6.92 Å². The highest BCUT2D eigenvalue weighted by Crippen LogP contribution is 2.22. The van der Waals surface area contributed by atoms with E-state index in [1.54, 1.807) is 0 Å². The largest absolute Gasteiger partial charge is 0.394 e. The number of hydrogen-bond acceptors (Lipinski definition) is 6. The molecule has 1 aliphatic rings. The van der Waals surface area contributed by atoms with Crippen molar-refractivity contribution in [1.29, 1.82) is 0 Å². The van der Waals surface area contributed by atoms with Crippen LogP contribution in [-0.2, 0) is 14.3 Å². The van der Waals surface area contributed by atoms with E-state index in [0.29, 0.717) is 6.23 Å². The van der Waals surface area contributed by atoms with Gasteiger partial charge in [-0.15, -0.1) is 0 Å². The molecule has 0 bridgehead atoms. The summed E-state index contributed by atoms with van der Waals surface area (Å²) in [5.41, 5.74) is 0. The summed E-state index contributed by atoms with van der Waals surface area (Å²) in [5, 5.41) is 31.6. The molecule has 20 heavy (non-hydrogen) atoms. The van der Waals surface area contributed by atoms with Crippen molar-refractivity contribution < 1.29 is 29.6 Å². The molecule has 0 radical (unpaired) electrons. The second kappa shape index (κ2) is 6.97. The molecule has 1 rings (SSSR count). The number of aliphatic hydroxyl groups excluding tert-OH is 3. The zero-order valence-electron chi connectivity index (χ0n) is 12.4. The third-order valence-corrected chi connectivity index (χ3v) is 3.96. The van der Waals surface area contributed by atoms with E-state index in [4.69, 9.17) is 14.6 Å². The summed E-state index contributed by atoms with van der Waals surface area (Å²) in [4.78, 5) is 11.2. The SMILES string of the molecule is CC(=O)N[C@H]1[C@H](OC[Si](C)(C)C)O[C@H](CO)[C@@H](O)[C@@H]1O. The van der Waals surface area contributed by atoms with Crippen molar-refractivity contribution in [3.8, 4) is 0 Å². The first-order valence-electron chi connectivity index (χ1n) is 6.67. The molecular weight excluding hydrogens is 282 g/mol. The fraction of sp³-hybridized carbons (Fsp3) is 0.917. The molecule has 1 aliphatic heterocycles. The molecule has 0 aromatic carbocycles. The Balaban J connectivity index is 2.80. The number of hydrogen-bond donors (Lipinski definition) is 4. The molecule has 0 aromatic rings. The van der Waals surface area contributed by atoms with Gasteiger partial charge in [-0.2, -0.15) is 0 Å². The van der Waals surface area contributed by atoms with Crippen LogP contribution < -0.4 is 5.32 Å². The Morgan fingerprint density at radius 2 is 1.90 bits per heavy atom. The number of carbonyl (C=O) groups excluding carboxylic acids is 1. The Bertz CT molecular complexity index is 334. The number of rotatable bonds is 5. The number of ether oxygens (including phenoxy) is 2. The van der Waals surface area contributed by atoms with Gasteiger partial charge in [0.25, 0.3) is 0 Å². The van der Waals surface area contributed by atoms with Crippen LogP contribution in [0, 0.1) is 0 Å². The number of carbonyl (C=O) groups is 1.